The minimum atomic E-state index is -0.319. The van der Waals surface area contributed by atoms with Crippen LogP contribution in [0.5, 0.6) is 0 Å². The Morgan fingerprint density at radius 2 is 2.13 bits per heavy atom. The van der Waals surface area contributed by atoms with Crippen LogP contribution in [-0.2, 0) is 0 Å². The molecular formula is C10H9BrClFN2. The molecule has 1 heterocycles. The van der Waals surface area contributed by atoms with Crippen LogP contribution in [0.1, 0.15) is 19.9 Å². The maximum Gasteiger partial charge on any atom is 0.204 e. The van der Waals surface area contributed by atoms with Crippen molar-refractivity contribution in [3.05, 3.63) is 27.7 Å². The van der Waals surface area contributed by atoms with E-state index in [0.717, 1.165) is 0 Å². The average molecular weight is 292 g/mol. The molecule has 80 valence electrons. The van der Waals surface area contributed by atoms with Gasteiger partial charge in [0.15, 0.2) is 5.82 Å². The molecule has 2 aromatic rings. The van der Waals surface area contributed by atoms with Crippen LogP contribution >= 0.6 is 27.5 Å². The van der Waals surface area contributed by atoms with Gasteiger partial charge < -0.3 is 4.57 Å². The molecule has 0 aliphatic rings. The van der Waals surface area contributed by atoms with E-state index in [9.17, 15) is 4.39 Å². The number of nitrogens with zero attached hydrogens (tertiary/aromatic N) is 2. The maximum atomic E-state index is 13.9. The normalized spacial score (nSPS) is 11.6. The van der Waals surface area contributed by atoms with Gasteiger partial charge in [0.05, 0.1) is 9.99 Å². The van der Waals surface area contributed by atoms with Gasteiger partial charge in [0.1, 0.15) is 5.52 Å². The Morgan fingerprint density at radius 1 is 1.47 bits per heavy atom. The van der Waals surface area contributed by atoms with Crippen LogP contribution in [0.2, 0.25) is 5.28 Å². The van der Waals surface area contributed by atoms with Gasteiger partial charge in [-0.15, -0.1) is 0 Å². The van der Waals surface area contributed by atoms with Gasteiger partial charge in [-0.05, 0) is 53.5 Å². The second-order valence-corrected chi connectivity index (χ2v) is 4.77. The molecule has 0 aliphatic heterocycles. The van der Waals surface area contributed by atoms with E-state index in [2.05, 4.69) is 20.9 Å². The van der Waals surface area contributed by atoms with Crippen LogP contribution in [0.15, 0.2) is 16.6 Å². The van der Waals surface area contributed by atoms with Crippen molar-refractivity contribution in [1.82, 2.24) is 9.55 Å². The van der Waals surface area contributed by atoms with Crippen molar-refractivity contribution in [2.75, 3.05) is 0 Å². The fourth-order valence-corrected chi connectivity index (χ4v) is 2.26. The Bertz CT molecular complexity index is 522. The van der Waals surface area contributed by atoms with Crippen molar-refractivity contribution < 1.29 is 4.39 Å². The molecule has 2 nitrogen and oxygen atoms in total. The lowest BCUT2D eigenvalue weighted by Gasteiger charge is -2.10. The Labute approximate surface area is 100 Å². The SMILES string of the molecule is CC(C)n1c(Cl)nc2ccc(Br)c(F)c21. The largest absolute Gasteiger partial charge is 0.310 e. The minimum absolute atomic E-state index is 0.0753. The first-order valence-corrected chi connectivity index (χ1v) is 5.71. The number of aromatic nitrogens is 2. The summed E-state index contributed by atoms with van der Waals surface area (Å²) >= 11 is 9.11. The van der Waals surface area contributed by atoms with Crippen molar-refractivity contribution in [3.63, 3.8) is 0 Å². The highest BCUT2D eigenvalue weighted by molar-refractivity contribution is 9.10. The highest BCUT2D eigenvalue weighted by atomic mass is 79.9. The third-order valence-electron chi connectivity index (χ3n) is 2.22. The molecule has 0 aliphatic carbocycles. The second-order valence-electron chi connectivity index (χ2n) is 3.57. The number of rotatable bonds is 1. The molecule has 0 bridgehead atoms. The van der Waals surface area contributed by atoms with Crippen LogP contribution in [0.4, 0.5) is 4.39 Å². The fourth-order valence-electron chi connectivity index (χ4n) is 1.57. The average Bonchev–Trinajstić information content (AvgIpc) is 2.49. The van der Waals surface area contributed by atoms with E-state index in [1.807, 2.05) is 13.8 Å². The highest BCUT2D eigenvalue weighted by Gasteiger charge is 2.16. The number of benzene rings is 1. The minimum Gasteiger partial charge on any atom is -0.310 e. The Kier molecular flexibility index (Phi) is 2.73. The summed E-state index contributed by atoms with van der Waals surface area (Å²) in [6, 6.07) is 3.45. The Balaban J connectivity index is 2.90. The van der Waals surface area contributed by atoms with Crippen molar-refractivity contribution >= 4 is 38.6 Å². The predicted molar refractivity (Wildman–Crippen MR) is 62.8 cm³/mol. The van der Waals surface area contributed by atoms with Crippen LogP contribution in [0, 0.1) is 5.82 Å². The third-order valence-corrected chi connectivity index (χ3v) is 3.10. The van der Waals surface area contributed by atoms with Gasteiger partial charge in [-0.2, -0.15) is 0 Å². The molecule has 15 heavy (non-hydrogen) atoms. The van der Waals surface area contributed by atoms with Gasteiger partial charge >= 0.3 is 0 Å². The highest BCUT2D eigenvalue weighted by Crippen LogP contribution is 2.29. The van der Waals surface area contributed by atoms with E-state index in [0.29, 0.717) is 20.8 Å². The smallest absolute Gasteiger partial charge is 0.204 e. The van der Waals surface area contributed by atoms with Crippen LogP contribution in [0.25, 0.3) is 11.0 Å². The zero-order valence-electron chi connectivity index (χ0n) is 8.26. The molecule has 0 N–H and O–H groups in total. The molecule has 0 atom stereocenters. The number of fused-ring (bicyclic) bond motifs is 1. The lowest BCUT2D eigenvalue weighted by molar-refractivity contribution is 0.584. The van der Waals surface area contributed by atoms with Crippen molar-refractivity contribution in [2.24, 2.45) is 0 Å². The molecule has 1 aromatic heterocycles. The Hall–Kier alpha value is -0.610. The summed E-state index contributed by atoms with van der Waals surface area (Å²) in [5.41, 5.74) is 1.03. The third kappa shape index (κ3) is 1.66. The molecule has 1 aromatic carbocycles. The van der Waals surface area contributed by atoms with Crippen molar-refractivity contribution in [1.29, 1.82) is 0 Å². The monoisotopic (exact) mass is 290 g/mol. The molecule has 0 spiro atoms. The van der Waals surface area contributed by atoms with Gasteiger partial charge in [-0.25, -0.2) is 9.37 Å². The van der Waals surface area contributed by atoms with Gasteiger partial charge in [0.2, 0.25) is 5.28 Å². The summed E-state index contributed by atoms with van der Waals surface area (Å²) in [5, 5.41) is 0.317. The van der Waals surface area contributed by atoms with Gasteiger partial charge in [0, 0.05) is 6.04 Å². The number of halogens is 3. The topological polar surface area (TPSA) is 17.8 Å². The molecule has 0 radical (unpaired) electrons. The second kappa shape index (κ2) is 3.76. The molecule has 2 rings (SSSR count). The zero-order chi connectivity index (χ0) is 11.2. The lowest BCUT2D eigenvalue weighted by atomic mass is 10.3. The first kappa shape index (κ1) is 10.9. The summed E-state index contributed by atoms with van der Waals surface area (Å²) in [4.78, 5) is 4.10. The summed E-state index contributed by atoms with van der Waals surface area (Å²) in [6.45, 7) is 3.88. The number of hydrogen-bond acceptors (Lipinski definition) is 1. The molecule has 0 unspecified atom stereocenters. The van der Waals surface area contributed by atoms with E-state index in [1.54, 1.807) is 16.7 Å². The summed E-state index contributed by atoms with van der Waals surface area (Å²) < 4.78 is 16.0. The van der Waals surface area contributed by atoms with Gasteiger partial charge in [-0.1, -0.05) is 0 Å². The van der Waals surface area contributed by atoms with E-state index < -0.39 is 0 Å². The van der Waals surface area contributed by atoms with Crippen molar-refractivity contribution in [2.45, 2.75) is 19.9 Å². The molecule has 0 amide bonds. The first-order valence-electron chi connectivity index (χ1n) is 4.53. The zero-order valence-corrected chi connectivity index (χ0v) is 10.6. The van der Waals surface area contributed by atoms with Crippen LogP contribution in [-0.4, -0.2) is 9.55 Å². The summed E-state index contributed by atoms with van der Waals surface area (Å²) in [7, 11) is 0. The van der Waals surface area contributed by atoms with Crippen LogP contribution in [0.3, 0.4) is 0 Å². The first-order chi connectivity index (χ1) is 7.02. The predicted octanol–water partition coefficient (Wildman–Crippen LogP) is 4.17. The lowest BCUT2D eigenvalue weighted by Crippen LogP contribution is -2.01. The van der Waals surface area contributed by atoms with Gasteiger partial charge in [0.25, 0.3) is 0 Å². The molecule has 5 heteroatoms. The summed E-state index contributed by atoms with van der Waals surface area (Å²) in [6.07, 6.45) is 0. The molecule has 0 saturated heterocycles. The van der Waals surface area contributed by atoms with E-state index in [4.69, 9.17) is 11.6 Å². The van der Waals surface area contributed by atoms with Gasteiger partial charge in [-0.3, -0.25) is 0 Å². The van der Waals surface area contributed by atoms with Crippen LogP contribution < -0.4 is 0 Å². The Morgan fingerprint density at radius 3 is 2.73 bits per heavy atom. The standard InChI is InChI=1S/C10H9BrClFN2/c1-5(2)15-9-7(14-10(15)12)4-3-6(11)8(9)13/h3-5H,1-2H3. The number of hydrogen-bond donors (Lipinski definition) is 0. The van der Waals surface area contributed by atoms with E-state index in [-0.39, 0.29) is 11.9 Å². The number of imidazole rings is 1. The molecular weight excluding hydrogens is 282 g/mol. The maximum absolute atomic E-state index is 13.9. The summed E-state index contributed by atoms with van der Waals surface area (Å²) in [5.74, 6) is -0.319. The molecule has 0 fully saturated rings. The molecule has 0 saturated carbocycles. The fraction of sp³-hybridized carbons (Fsp3) is 0.300. The van der Waals surface area contributed by atoms with Crippen molar-refractivity contribution in [3.8, 4) is 0 Å². The van der Waals surface area contributed by atoms with E-state index in [1.165, 1.54) is 0 Å². The quantitative estimate of drug-likeness (QED) is 0.771. The van der Waals surface area contributed by atoms with E-state index >= 15 is 0 Å².